The third kappa shape index (κ3) is 8.55. The van der Waals surface area contributed by atoms with Gasteiger partial charge in [-0.3, -0.25) is 0 Å². The summed E-state index contributed by atoms with van der Waals surface area (Å²) in [5.41, 5.74) is 0. The highest BCUT2D eigenvalue weighted by Gasteiger charge is 2.05. The predicted octanol–water partition coefficient (Wildman–Crippen LogP) is 1.66. The van der Waals surface area contributed by atoms with Gasteiger partial charge in [-0.05, 0) is 37.1 Å². The molecule has 5 nitrogen and oxygen atoms in total. The Morgan fingerprint density at radius 3 is 2.38 bits per heavy atom. The molecule has 4 N–H and O–H groups in total. The van der Waals surface area contributed by atoms with E-state index in [1.54, 1.807) is 24.3 Å². The SMILES string of the molecule is OCCNC(CO)CCCCCCOc1ccc(O)cc1. The minimum absolute atomic E-state index is 0.0883. The molecule has 120 valence electrons. The van der Waals surface area contributed by atoms with E-state index >= 15 is 0 Å². The number of phenols is 1. The van der Waals surface area contributed by atoms with Crippen molar-refractivity contribution in [3.63, 3.8) is 0 Å². The van der Waals surface area contributed by atoms with Gasteiger partial charge in [0.25, 0.3) is 0 Å². The first kappa shape index (κ1) is 17.8. The summed E-state index contributed by atoms with van der Waals surface area (Å²) in [5, 5.41) is 30.1. The van der Waals surface area contributed by atoms with E-state index < -0.39 is 0 Å². The Morgan fingerprint density at radius 2 is 1.71 bits per heavy atom. The van der Waals surface area contributed by atoms with Crippen molar-refractivity contribution < 1.29 is 20.1 Å². The first-order valence-electron chi connectivity index (χ1n) is 7.63. The Morgan fingerprint density at radius 1 is 1.00 bits per heavy atom. The minimum Gasteiger partial charge on any atom is -0.508 e. The molecule has 1 atom stereocenters. The van der Waals surface area contributed by atoms with Crippen LogP contribution < -0.4 is 10.1 Å². The van der Waals surface area contributed by atoms with E-state index in [1.807, 2.05) is 0 Å². The van der Waals surface area contributed by atoms with Crippen LogP contribution in [0.15, 0.2) is 24.3 Å². The average Bonchev–Trinajstić information content (AvgIpc) is 2.51. The van der Waals surface area contributed by atoms with Gasteiger partial charge in [0.2, 0.25) is 0 Å². The number of rotatable bonds is 12. The van der Waals surface area contributed by atoms with Crippen LogP contribution in [-0.2, 0) is 0 Å². The van der Waals surface area contributed by atoms with Gasteiger partial charge in [0.05, 0.1) is 19.8 Å². The van der Waals surface area contributed by atoms with E-state index in [4.69, 9.17) is 20.1 Å². The van der Waals surface area contributed by atoms with Crippen LogP contribution in [0.3, 0.4) is 0 Å². The van der Waals surface area contributed by atoms with Crippen LogP contribution in [0.5, 0.6) is 11.5 Å². The number of ether oxygens (including phenoxy) is 1. The van der Waals surface area contributed by atoms with E-state index in [9.17, 15) is 0 Å². The normalized spacial score (nSPS) is 12.3. The Balaban J connectivity index is 1.98. The largest absolute Gasteiger partial charge is 0.508 e. The van der Waals surface area contributed by atoms with Crippen LogP contribution in [-0.4, -0.2) is 47.7 Å². The number of phenolic OH excluding ortho intramolecular Hbond substituents is 1. The molecule has 1 aromatic rings. The maximum atomic E-state index is 9.16. The van der Waals surface area contributed by atoms with Crippen molar-refractivity contribution in [3.8, 4) is 11.5 Å². The predicted molar refractivity (Wildman–Crippen MR) is 82.6 cm³/mol. The Bertz CT molecular complexity index is 356. The lowest BCUT2D eigenvalue weighted by molar-refractivity contribution is 0.217. The van der Waals surface area contributed by atoms with Gasteiger partial charge in [0, 0.05) is 12.6 Å². The summed E-state index contributed by atoms with van der Waals surface area (Å²) in [6, 6.07) is 6.83. The van der Waals surface area contributed by atoms with Gasteiger partial charge in [-0.25, -0.2) is 0 Å². The van der Waals surface area contributed by atoms with Gasteiger partial charge in [0.1, 0.15) is 11.5 Å². The van der Waals surface area contributed by atoms with Crippen molar-refractivity contribution in [1.29, 1.82) is 0 Å². The molecule has 1 unspecified atom stereocenters. The van der Waals surface area contributed by atoms with Gasteiger partial charge < -0.3 is 25.4 Å². The van der Waals surface area contributed by atoms with Crippen LogP contribution in [0.4, 0.5) is 0 Å². The first-order valence-corrected chi connectivity index (χ1v) is 7.63. The number of nitrogens with one attached hydrogen (secondary N) is 1. The fourth-order valence-electron chi connectivity index (χ4n) is 2.11. The van der Waals surface area contributed by atoms with Crippen molar-refractivity contribution in [1.82, 2.24) is 5.32 Å². The smallest absolute Gasteiger partial charge is 0.119 e. The lowest BCUT2D eigenvalue weighted by Gasteiger charge is -2.15. The monoisotopic (exact) mass is 297 g/mol. The summed E-state index contributed by atoms with van der Waals surface area (Å²) in [6.45, 7) is 1.43. The molecule has 0 aromatic heterocycles. The third-order valence-corrected chi connectivity index (χ3v) is 3.32. The van der Waals surface area contributed by atoms with Crippen LogP contribution in [0.2, 0.25) is 0 Å². The fraction of sp³-hybridized carbons (Fsp3) is 0.625. The molecule has 0 saturated carbocycles. The Kier molecular flexibility index (Phi) is 9.61. The second-order valence-electron chi connectivity index (χ2n) is 5.10. The van der Waals surface area contributed by atoms with Crippen molar-refractivity contribution in [2.24, 2.45) is 0 Å². The summed E-state index contributed by atoms with van der Waals surface area (Å²) < 4.78 is 5.57. The summed E-state index contributed by atoms with van der Waals surface area (Å²) in [4.78, 5) is 0. The fourth-order valence-corrected chi connectivity index (χ4v) is 2.11. The molecular weight excluding hydrogens is 270 g/mol. The molecule has 0 bridgehead atoms. The molecule has 0 amide bonds. The van der Waals surface area contributed by atoms with Crippen molar-refractivity contribution >= 4 is 0 Å². The zero-order chi connectivity index (χ0) is 15.3. The number of hydrogen-bond donors (Lipinski definition) is 4. The van der Waals surface area contributed by atoms with Crippen molar-refractivity contribution in [2.45, 2.75) is 38.1 Å². The van der Waals surface area contributed by atoms with Crippen LogP contribution in [0.25, 0.3) is 0 Å². The Hall–Kier alpha value is -1.30. The van der Waals surface area contributed by atoms with E-state index in [2.05, 4.69) is 5.32 Å². The molecule has 0 aliphatic heterocycles. The highest BCUT2D eigenvalue weighted by Crippen LogP contribution is 2.16. The summed E-state index contributed by atoms with van der Waals surface area (Å²) >= 11 is 0. The standard InChI is InChI=1S/C16H27NO4/c18-11-10-17-14(13-19)5-3-1-2-4-12-21-16-8-6-15(20)7-9-16/h6-9,14,17-20H,1-5,10-13H2. The molecule has 0 spiro atoms. The molecule has 21 heavy (non-hydrogen) atoms. The third-order valence-electron chi connectivity index (χ3n) is 3.32. The number of aromatic hydroxyl groups is 1. The average molecular weight is 297 g/mol. The molecule has 5 heteroatoms. The molecule has 1 rings (SSSR count). The number of benzene rings is 1. The van der Waals surface area contributed by atoms with Gasteiger partial charge >= 0.3 is 0 Å². The first-order chi connectivity index (χ1) is 10.3. The Labute approximate surface area is 126 Å². The highest BCUT2D eigenvalue weighted by molar-refractivity contribution is 5.29. The quantitative estimate of drug-likeness (QED) is 0.441. The lowest BCUT2D eigenvalue weighted by atomic mass is 10.1. The molecular formula is C16H27NO4. The summed E-state index contributed by atoms with van der Waals surface area (Å²) in [6.07, 6.45) is 5.18. The van der Waals surface area contributed by atoms with E-state index in [1.165, 1.54) is 0 Å². The zero-order valence-electron chi connectivity index (χ0n) is 12.5. The molecule has 0 radical (unpaired) electrons. The zero-order valence-corrected chi connectivity index (χ0v) is 12.5. The minimum atomic E-state index is 0.0883. The van der Waals surface area contributed by atoms with Gasteiger partial charge in [-0.15, -0.1) is 0 Å². The number of hydrogen-bond acceptors (Lipinski definition) is 5. The molecule has 1 aromatic carbocycles. The highest BCUT2D eigenvalue weighted by atomic mass is 16.5. The summed E-state index contributed by atoms with van der Waals surface area (Å²) in [5.74, 6) is 1.02. The number of unbranched alkanes of at least 4 members (excludes halogenated alkanes) is 3. The molecule has 0 aliphatic carbocycles. The molecule has 0 fully saturated rings. The summed E-state index contributed by atoms with van der Waals surface area (Å²) in [7, 11) is 0. The van der Waals surface area contributed by atoms with Crippen molar-refractivity contribution in [3.05, 3.63) is 24.3 Å². The molecule has 0 aliphatic rings. The van der Waals surface area contributed by atoms with Crippen molar-refractivity contribution in [2.75, 3.05) is 26.4 Å². The molecule has 0 heterocycles. The topological polar surface area (TPSA) is 82.0 Å². The number of aliphatic hydroxyl groups excluding tert-OH is 2. The van der Waals surface area contributed by atoms with E-state index in [0.29, 0.717) is 13.2 Å². The second kappa shape index (κ2) is 11.4. The number of aliphatic hydroxyl groups is 2. The van der Waals surface area contributed by atoms with Crippen LogP contribution in [0.1, 0.15) is 32.1 Å². The van der Waals surface area contributed by atoms with E-state index in [0.717, 1.165) is 37.9 Å². The van der Waals surface area contributed by atoms with Crippen LogP contribution >= 0.6 is 0 Å². The lowest BCUT2D eigenvalue weighted by Crippen LogP contribution is -2.34. The molecule has 0 saturated heterocycles. The van der Waals surface area contributed by atoms with Crippen LogP contribution in [0, 0.1) is 0 Å². The second-order valence-corrected chi connectivity index (χ2v) is 5.10. The maximum Gasteiger partial charge on any atom is 0.119 e. The van der Waals surface area contributed by atoms with Gasteiger partial charge in [-0.2, -0.15) is 0 Å². The van der Waals surface area contributed by atoms with E-state index in [-0.39, 0.29) is 25.0 Å². The van der Waals surface area contributed by atoms with Gasteiger partial charge in [-0.1, -0.05) is 19.3 Å². The maximum absolute atomic E-state index is 9.16. The van der Waals surface area contributed by atoms with Gasteiger partial charge in [0.15, 0.2) is 0 Å².